The van der Waals surface area contributed by atoms with Crippen molar-refractivity contribution < 1.29 is 13.4 Å². The van der Waals surface area contributed by atoms with Crippen molar-refractivity contribution in [3.63, 3.8) is 0 Å². The van der Waals surface area contributed by atoms with Crippen molar-refractivity contribution in [2.24, 2.45) is 0 Å². The molecule has 0 bridgehead atoms. The van der Waals surface area contributed by atoms with Crippen LogP contribution in [0.1, 0.15) is 24.0 Å². The number of benzene rings is 1. The van der Waals surface area contributed by atoms with Gasteiger partial charge in [0, 0.05) is 18.4 Å². The number of ketones is 1. The molecule has 0 fully saturated rings. The quantitative estimate of drug-likeness (QED) is 0.713. The molecule has 0 spiro atoms. The number of carbonyl (C=O) groups is 1. The lowest BCUT2D eigenvalue weighted by molar-refractivity contribution is -0.115. The van der Waals surface area contributed by atoms with Crippen molar-refractivity contribution in [3.05, 3.63) is 41.0 Å². The summed E-state index contributed by atoms with van der Waals surface area (Å²) in [5.74, 6) is 0.00171. The summed E-state index contributed by atoms with van der Waals surface area (Å²) in [4.78, 5) is 11.8. The van der Waals surface area contributed by atoms with Crippen LogP contribution >= 0.6 is 0 Å². The lowest BCUT2D eigenvalue weighted by atomic mass is 9.88. The van der Waals surface area contributed by atoms with Crippen LogP contribution in [0.25, 0.3) is 6.08 Å². The summed E-state index contributed by atoms with van der Waals surface area (Å²) in [7, 11) is -2.31. The molecule has 1 aliphatic rings. The van der Waals surface area contributed by atoms with E-state index in [1.165, 1.54) is 0 Å². The topological polar surface area (TPSA) is 17.1 Å². The molecule has 2 rings (SSSR count). The first kappa shape index (κ1) is 12.0. The minimum absolute atomic E-state index is 0.00171. The zero-order valence-corrected chi connectivity index (χ0v) is 9.46. The highest BCUT2D eigenvalue weighted by Gasteiger charge is 2.19. The fourth-order valence-electron chi connectivity index (χ4n) is 2.04. The number of halogens is 2. The fraction of sp³-hybridized carbons (Fsp3) is 0.308. The zero-order valence-electron chi connectivity index (χ0n) is 9.46. The van der Waals surface area contributed by atoms with E-state index < -0.39 is 7.27 Å². The molecule has 0 atom stereocenters. The summed E-state index contributed by atoms with van der Waals surface area (Å²) >= 11 is 0. The maximum absolute atomic E-state index is 12.0. The van der Waals surface area contributed by atoms with E-state index >= 15 is 0 Å². The van der Waals surface area contributed by atoms with Gasteiger partial charge in [0.2, 0.25) is 0 Å². The normalized spacial score (nSPS) is 13.2. The van der Waals surface area contributed by atoms with E-state index in [4.69, 9.17) is 0 Å². The third-order valence-corrected chi connectivity index (χ3v) is 2.95. The van der Waals surface area contributed by atoms with E-state index in [0.29, 0.717) is 6.42 Å². The second-order valence-electron chi connectivity index (χ2n) is 4.25. The molecule has 0 heterocycles. The van der Waals surface area contributed by atoms with Crippen molar-refractivity contribution in [1.29, 1.82) is 0 Å². The van der Waals surface area contributed by atoms with E-state index in [0.717, 1.165) is 16.7 Å². The van der Waals surface area contributed by atoms with Crippen LogP contribution in [-0.2, 0) is 11.2 Å². The molecule has 0 aliphatic heterocycles. The SMILES string of the molecule is O=C(CCCB(F)F)C1=Cc2ccccc2C1. The average molecular weight is 234 g/mol. The van der Waals surface area contributed by atoms with E-state index in [1.807, 2.05) is 30.3 Å². The molecular weight excluding hydrogens is 221 g/mol. The Morgan fingerprint density at radius 3 is 2.76 bits per heavy atom. The maximum Gasteiger partial charge on any atom is 0.538 e. The van der Waals surface area contributed by atoms with Gasteiger partial charge in [0.15, 0.2) is 5.78 Å². The van der Waals surface area contributed by atoms with Crippen LogP contribution in [0.2, 0.25) is 6.32 Å². The van der Waals surface area contributed by atoms with Gasteiger partial charge in [-0.05, 0) is 29.9 Å². The number of rotatable bonds is 5. The average Bonchev–Trinajstić information content (AvgIpc) is 2.71. The second kappa shape index (κ2) is 5.26. The van der Waals surface area contributed by atoms with Crippen molar-refractivity contribution in [1.82, 2.24) is 0 Å². The minimum atomic E-state index is -2.31. The van der Waals surface area contributed by atoms with Gasteiger partial charge in [-0.25, -0.2) is 0 Å². The van der Waals surface area contributed by atoms with Gasteiger partial charge in [-0.3, -0.25) is 13.4 Å². The molecule has 1 aromatic carbocycles. The lowest BCUT2D eigenvalue weighted by Crippen LogP contribution is -2.04. The minimum Gasteiger partial charge on any atom is -0.295 e. The molecule has 88 valence electrons. The van der Waals surface area contributed by atoms with Gasteiger partial charge in [0.25, 0.3) is 0 Å². The molecule has 1 aliphatic carbocycles. The van der Waals surface area contributed by atoms with Crippen molar-refractivity contribution in [2.45, 2.75) is 25.6 Å². The summed E-state index contributed by atoms with van der Waals surface area (Å²) in [6.07, 6.45) is 2.82. The van der Waals surface area contributed by atoms with Crippen LogP contribution in [0.4, 0.5) is 8.63 Å². The van der Waals surface area contributed by atoms with Gasteiger partial charge < -0.3 is 0 Å². The highest BCUT2D eigenvalue weighted by Crippen LogP contribution is 2.26. The van der Waals surface area contributed by atoms with Gasteiger partial charge in [0.05, 0.1) is 0 Å². The first-order chi connectivity index (χ1) is 8.16. The third-order valence-electron chi connectivity index (χ3n) is 2.95. The largest absolute Gasteiger partial charge is 0.538 e. The van der Waals surface area contributed by atoms with Crippen molar-refractivity contribution in [3.8, 4) is 0 Å². The molecule has 1 nitrogen and oxygen atoms in total. The highest BCUT2D eigenvalue weighted by molar-refractivity contribution is 6.42. The van der Waals surface area contributed by atoms with E-state index in [1.54, 1.807) is 0 Å². The molecule has 17 heavy (non-hydrogen) atoms. The van der Waals surface area contributed by atoms with Gasteiger partial charge in [-0.2, -0.15) is 0 Å². The Bertz CT molecular complexity index is 454. The molecule has 0 amide bonds. The summed E-state index contributed by atoms with van der Waals surface area (Å²) in [6.45, 7) is 0. The lowest BCUT2D eigenvalue weighted by Gasteiger charge is -2.00. The summed E-state index contributed by atoms with van der Waals surface area (Å²) in [5, 5.41) is 0. The predicted molar refractivity (Wildman–Crippen MR) is 65.1 cm³/mol. The molecule has 4 heteroatoms. The zero-order chi connectivity index (χ0) is 12.3. The molecule has 0 unspecified atom stereocenters. The van der Waals surface area contributed by atoms with Gasteiger partial charge in [-0.15, -0.1) is 0 Å². The third kappa shape index (κ3) is 3.02. The second-order valence-corrected chi connectivity index (χ2v) is 4.25. The van der Waals surface area contributed by atoms with Gasteiger partial charge in [0.1, 0.15) is 0 Å². The predicted octanol–water partition coefficient (Wildman–Crippen LogP) is 3.40. The molecule has 0 radical (unpaired) electrons. The van der Waals surface area contributed by atoms with Crippen molar-refractivity contribution in [2.75, 3.05) is 0 Å². The van der Waals surface area contributed by atoms with Gasteiger partial charge >= 0.3 is 7.27 Å². The Morgan fingerprint density at radius 1 is 1.29 bits per heavy atom. The summed E-state index contributed by atoms with van der Waals surface area (Å²) in [5.41, 5.74) is 2.97. The molecule has 0 N–H and O–H groups in total. The van der Waals surface area contributed by atoms with Gasteiger partial charge in [-0.1, -0.05) is 24.3 Å². The van der Waals surface area contributed by atoms with E-state index in [2.05, 4.69) is 0 Å². The van der Waals surface area contributed by atoms with Crippen LogP contribution in [0.15, 0.2) is 29.8 Å². The molecule has 0 saturated carbocycles. The summed E-state index contributed by atoms with van der Waals surface area (Å²) in [6, 6.07) is 7.83. The Balaban J connectivity index is 1.91. The number of allylic oxidation sites excluding steroid dienone is 1. The highest BCUT2D eigenvalue weighted by atomic mass is 19.2. The van der Waals surface area contributed by atoms with Crippen LogP contribution in [0.3, 0.4) is 0 Å². The van der Waals surface area contributed by atoms with Crippen molar-refractivity contribution >= 4 is 19.1 Å². The molecule has 0 saturated heterocycles. The number of hydrogen-bond acceptors (Lipinski definition) is 1. The number of carbonyl (C=O) groups excluding carboxylic acids is 1. The first-order valence-electron chi connectivity index (χ1n) is 5.76. The maximum atomic E-state index is 12.0. The van der Waals surface area contributed by atoms with Crippen LogP contribution in [-0.4, -0.2) is 13.1 Å². The summed E-state index contributed by atoms with van der Waals surface area (Å²) < 4.78 is 23.9. The van der Waals surface area contributed by atoms with Crippen LogP contribution < -0.4 is 0 Å². The smallest absolute Gasteiger partial charge is 0.295 e. The number of hydrogen-bond donors (Lipinski definition) is 0. The Labute approximate surface area is 99.7 Å². The molecular formula is C13H13BF2O. The van der Waals surface area contributed by atoms with Crippen LogP contribution in [0, 0.1) is 0 Å². The monoisotopic (exact) mass is 234 g/mol. The molecule has 1 aromatic rings. The standard InChI is InChI=1S/C13H13BF2O/c15-14(16)7-3-6-13(17)12-8-10-4-1-2-5-11(10)9-12/h1-2,4-5,8H,3,6-7,9H2. The molecule has 0 aromatic heterocycles. The van der Waals surface area contributed by atoms with Crippen LogP contribution in [0.5, 0.6) is 0 Å². The Morgan fingerprint density at radius 2 is 2.06 bits per heavy atom. The Hall–Kier alpha value is -1.45. The Kier molecular flexibility index (Phi) is 3.72. The first-order valence-corrected chi connectivity index (χ1v) is 5.76. The fourth-order valence-corrected chi connectivity index (χ4v) is 2.04. The number of fused-ring (bicyclic) bond motifs is 1. The van der Waals surface area contributed by atoms with E-state index in [9.17, 15) is 13.4 Å². The van der Waals surface area contributed by atoms with E-state index in [-0.39, 0.29) is 24.9 Å². The number of Topliss-reactive ketones (excluding diaryl/α,β-unsaturated/α-hetero) is 1.